The van der Waals surface area contributed by atoms with Crippen LogP contribution in [-0.2, 0) is 17.8 Å². The van der Waals surface area contributed by atoms with E-state index in [1.54, 1.807) is 11.9 Å². The Morgan fingerprint density at radius 3 is 2.74 bits per heavy atom. The summed E-state index contributed by atoms with van der Waals surface area (Å²) in [7, 11) is 3.31. The lowest BCUT2D eigenvalue weighted by Gasteiger charge is -2.29. The fourth-order valence-electron chi connectivity index (χ4n) is 4.40. The van der Waals surface area contributed by atoms with Gasteiger partial charge in [0.05, 0.1) is 12.7 Å². The molecule has 2 amide bonds. The van der Waals surface area contributed by atoms with Crippen LogP contribution in [0.15, 0.2) is 0 Å². The van der Waals surface area contributed by atoms with E-state index in [0.717, 1.165) is 24.0 Å². The zero-order chi connectivity index (χ0) is 19.0. The predicted molar refractivity (Wildman–Crippen MR) is 98.2 cm³/mol. The highest BCUT2D eigenvalue weighted by atomic mass is 16.7. The minimum absolute atomic E-state index is 0.0541. The smallest absolute Gasteiger partial charge is 0.257 e. The molecule has 7 nitrogen and oxygen atoms in total. The number of likely N-dealkylation sites (N-methyl/N-ethyl adjacent to an activating group) is 1. The number of ether oxygens (including phenoxy) is 3. The summed E-state index contributed by atoms with van der Waals surface area (Å²) >= 11 is 0. The average Bonchev–Trinajstić information content (AvgIpc) is 3.33. The van der Waals surface area contributed by atoms with E-state index in [4.69, 9.17) is 14.2 Å². The van der Waals surface area contributed by atoms with Gasteiger partial charge in [-0.15, -0.1) is 0 Å². The van der Waals surface area contributed by atoms with Crippen molar-refractivity contribution in [3.63, 3.8) is 0 Å². The Balaban J connectivity index is 1.63. The fraction of sp³-hybridized carbons (Fsp3) is 0.600. The van der Waals surface area contributed by atoms with E-state index in [9.17, 15) is 9.59 Å². The minimum atomic E-state index is -0.0927. The molecule has 1 N–H and O–H groups in total. The number of benzene rings is 1. The summed E-state index contributed by atoms with van der Waals surface area (Å²) in [6.07, 6.45) is 5.98. The van der Waals surface area contributed by atoms with Crippen LogP contribution in [0.3, 0.4) is 0 Å². The van der Waals surface area contributed by atoms with Crippen LogP contribution in [0.1, 0.15) is 53.6 Å². The summed E-state index contributed by atoms with van der Waals surface area (Å²) < 4.78 is 16.8. The van der Waals surface area contributed by atoms with Gasteiger partial charge in [-0.1, -0.05) is 12.8 Å². The third kappa shape index (κ3) is 3.19. The van der Waals surface area contributed by atoms with E-state index in [2.05, 4.69) is 5.32 Å². The number of hydrogen-bond donors (Lipinski definition) is 1. The first-order valence-electron chi connectivity index (χ1n) is 9.63. The van der Waals surface area contributed by atoms with Gasteiger partial charge in [0.2, 0.25) is 18.4 Å². The molecule has 4 rings (SSSR count). The van der Waals surface area contributed by atoms with Crippen molar-refractivity contribution in [1.29, 1.82) is 0 Å². The third-order valence-corrected chi connectivity index (χ3v) is 5.86. The SMILES string of the molecule is COc1c2c(c(CNC(=O)CC3CCCC3)c3c1C(=O)N(C)CC3)OCO2. The van der Waals surface area contributed by atoms with Crippen molar-refractivity contribution in [2.75, 3.05) is 27.5 Å². The molecule has 2 aliphatic heterocycles. The van der Waals surface area contributed by atoms with E-state index < -0.39 is 0 Å². The molecule has 1 aliphatic carbocycles. The number of rotatable bonds is 5. The molecule has 0 saturated heterocycles. The molecule has 3 aliphatic rings. The molecule has 2 heterocycles. The molecule has 7 heteroatoms. The van der Waals surface area contributed by atoms with Crippen molar-refractivity contribution in [2.24, 2.45) is 5.92 Å². The molecule has 0 bridgehead atoms. The van der Waals surface area contributed by atoms with Gasteiger partial charge >= 0.3 is 0 Å². The van der Waals surface area contributed by atoms with Crippen molar-refractivity contribution in [3.05, 3.63) is 16.7 Å². The number of nitrogens with one attached hydrogen (secondary N) is 1. The Hall–Kier alpha value is -2.44. The predicted octanol–water partition coefficient (Wildman–Crippen LogP) is 2.25. The van der Waals surface area contributed by atoms with E-state index in [1.165, 1.54) is 20.0 Å². The average molecular weight is 374 g/mol. The summed E-state index contributed by atoms with van der Waals surface area (Å²) in [5.74, 6) is 1.93. The molecule has 1 fully saturated rings. The van der Waals surface area contributed by atoms with Crippen molar-refractivity contribution >= 4 is 11.8 Å². The number of nitrogens with zero attached hydrogens (tertiary/aromatic N) is 1. The van der Waals surface area contributed by atoms with Gasteiger partial charge in [0.15, 0.2) is 11.5 Å². The second-order valence-corrected chi connectivity index (χ2v) is 7.54. The Bertz CT molecular complexity index is 770. The van der Waals surface area contributed by atoms with E-state index in [-0.39, 0.29) is 18.6 Å². The lowest BCUT2D eigenvalue weighted by Crippen LogP contribution is -2.36. The van der Waals surface area contributed by atoms with Crippen LogP contribution >= 0.6 is 0 Å². The summed E-state index contributed by atoms with van der Waals surface area (Å²) in [6.45, 7) is 1.04. The first-order chi connectivity index (χ1) is 13.1. The number of carbonyl (C=O) groups is 2. The van der Waals surface area contributed by atoms with Crippen molar-refractivity contribution in [3.8, 4) is 17.2 Å². The second-order valence-electron chi connectivity index (χ2n) is 7.54. The van der Waals surface area contributed by atoms with Gasteiger partial charge in [-0.2, -0.15) is 0 Å². The monoisotopic (exact) mass is 374 g/mol. The van der Waals surface area contributed by atoms with Crippen LogP contribution in [0, 0.1) is 5.92 Å². The second kappa shape index (κ2) is 7.29. The zero-order valence-corrected chi connectivity index (χ0v) is 15.9. The standard InChI is InChI=1S/C20H26N2O5/c1-22-8-7-13-14(10-21-15(23)9-12-5-3-4-6-12)17-19(27-11-26-17)18(25-2)16(13)20(22)24/h12H,3-11H2,1-2H3,(H,21,23). The van der Waals surface area contributed by atoms with Crippen molar-refractivity contribution in [1.82, 2.24) is 10.2 Å². The highest BCUT2D eigenvalue weighted by Crippen LogP contribution is 2.49. The summed E-state index contributed by atoms with van der Waals surface area (Å²) in [6, 6.07) is 0. The maximum Gasteiger partial charge on any atom is 0.257 e. The Kier molecular flexibility index (Phi) is 4.85. The van der Waals surface area contributed by atoms with Gasteiger partial charge in [-0.3, -0.25) is 9.59 Å². The molecule has 27 heavy (non-hydrogen) atoms. The molecular weight excluding hydrogens is 348 g/mol. The number of hydrogen-bond acceptors (Lipinski definition) is 5. The van der Waals surface area contributed by atoms with Crippen molar-refractivity contribution < 1.29 is 23.8 Å². The van der Waals surface area contributed by atoms with Crippen LogP contribution < -0.4 is 19.5 Å². The molecule has 1 aromatic carbocycles. The van der Waals surface area contributed by atoms with Gasteiger partial charge in [0.1, 0.15) is 0 Å². The van der Waals surface area contributed by atoms with Crippen LogP contribution in [0.4, 0.5) is 0 Å². The fourth-order valence-corrected chi connectivity index (χ4v) is 4.40. The molecule has 1 saturated carbocycles. The largest absolute Gasteiger partial charge is 0.492 e. The molecule has 0 spiro atoms. The van der Waals surface area contributed by atoms with Crippen LogP contribution in [0.2, 0.25) is 0 Å². The molecule has 1 aromatic rings. The quantitative estimate of drug-likeness (QED) is 0.855. The van der Waals surface area contributed by atoms with Gasteiger partial charge in [-0.25, -0.2) is 0 Å². The molecular formula is C20H26N2O5. The van der Waals surface area contributed by atoms with E-state index >= 15 is 0 Å². The first-order valence-corrected chi connectivity index (χ1v) is 9.63. The van der Waals surface area contributed by atoms with Crippen molar-refractivity contribution in [2.45, 2.75) is 45.1 Å². The topological polar surface area (TPSA) is 77.1 Å². The lowest BCUT2D eigenvalue weighted by molar-refractivity contribution is -0.122. The highest BCUT2D eigenvalue weighted by Gasteiger charge is 2.36. The van der Waals surface area contributed by atoms with Crippen LogP contribution in [0.25, 0.3) is 0 Å². The van der Waals surface area contributed by atoms with Gasteiger partial charge in [0.25, 0.3) is 5.91 Å². The Labute approximate surface area is 158 Å². The Morgan fingerprint density at radius 1 is 1.26 bits per heavy atom. The summed E-state index contributed by atoms with van der Waals surface area (Å²) in [5.41, 5.74) is 2.25. The molecule has 0 unspecified atom stereocenters. The number of fused-ring (bicyclic) bond motifs is 2. The van der Waals surface area contributed by atoms with Crippen LogP contribution in [-0.4, -0.2) is 44.2 Å². The normalized spacial score (nSPS) is 18.6. The summed E-state index contributed by atoms with van der Waals surface area (Å²) in [4.78, 5) is 26.9. The zero-order valence-electron chi connectivity index (χ0n) is 15.9. The first kappa shape index (κ1) is 17.9. The molecule has 0 aromatic heterocycles. The number of carbonyl (C=O) groups excluding carboxylic acids is 2. The van der Waals surface area contributed by atoms with Gasteiger partial charge in [0, 0.05) is 32.1 Å². The lowest BCUT2D eigenvalue weighted by atomic mass is 9.91. The van der Waals surface area contributed by atoms with Gasteiger partial charge < -0.3 is 24.4 Å². The van der Waals surface area contributed by atoms with E-state index in [1.807, 2.05) is 0 Å². The highest BCUT2D eigenvalue weighted by molar-refractivity contribution is 6.01. The number of methoxy groups -OCH3 is 1. The minimum Gasteiger partial charge on any atom is -0.492 e. The maximum atomic E-state index is 12.8. The summed E-state index contributed by atoms with van der Waals surface area (Å²) in [5, 5.41) is 3.03. The molecule has 146 valence electrons. The van der Waals surface area contributed by atoms with Crippen LogP contribution in [0.5, 0.6) is 17.2 Å². The van der Waals surface area contributed by atoms with E-state index in [0.29, 0.717) is 54.7 Å². The van der Waals surface area contributed by atoms with Gasteiger partial charge in [-0.05, 0) is 30.7 Å². The maximum absolute atomic E-state index is 12.8. The number of amides is 2. The molecule has 0 radical (unpaired) electrons. The Morgan fingerprint density at radius 2 is 2.00 bits per heavy atom. The molecule has 0 atom stereocenters. The third-order valence-electron chi connectivity index (χ3n) is 5.86.